The third-order valence-corrected chi connectivity index (χ3v) is 10.00. The molecule has 2 amide bonds. The summed E-state index contributed by atoms with van der Waals surface area (Å²) in [5.41, 5.74) is 6.82. The predicted molar refractivity (Wildman–Crippen MR) is 177 cm³/mol. The lowest BCUT2D eigenvalue weighted by atomic mass is 9.48. The first kappa shape index (κ1) is 29.1. The van der Waals surface area contributed by atoms with Gasteiger partial charge in [-0.05, 0) is 119 Å². The van der Waals surface area contributed by atoms with E-state index in [4.69, 9.17) is 9.47 Å². The average molecular weight is 602 g/mol. The Bertz CT molecular complexity index is 1710. The van der Waals surface area contributed by atoms with Gasteiger partial charge in [0.25, 0.3) is 5.91 Å². The van der Waals surface area contributed by atoms with Crippen molar-refractivity contribution in [1.82, 2.24) is 5.43 Å². The number of ether oxygens (including phenoxy) is 2. The maximum absolute atomic E-state index is 12.7. The van der Waals surface area contributed by atoms with E-state index in [9.17, 15) is 9.59 Å². The first-order valence-electron chi connectivity index (χ1n) is 16.0. The van der Waals surface area contributed by atoms with Gasteiger partial charge in [-0.2, -0.15) is 5.10 Å². The van der Waals surface area contributed by atoms with E-state index in [1.807, 2.05) is 54.6 Å². The van der Waals surface area contributed by atoms with Gasteiger partial charge < -0.3 is 14.8 Å². The number of carbonyl (C=O) groups is 2. The third kappa shape index (κ3) is 6.30. The lowest BCUT2D eigenvalue weighted by molar-refractivity contribution is -0.120. The average Bonchev–Trinajstić information content (AvgIpc) is 3.04. The molecule has 4 saturated carbocycles. The second-order valence-electron chi connectivity index (χ2n) is 13.1. The Hall–Kier alpha value is -4.65. The summed E-state index contributed by atoms with van der Waals surface area (Å²) in [6.07, 6.45) is 10.0. The zero-order valence-electron chi connectivity index (χ0n) is 25.6. The van der Waals surface area contributed by atoms with Crippen LogP contribution in [0, 0.1) is 17.8 Å². The van der Waals surface area contributed by atoms with Gasteiger partial charge in [0.1, 0.15) is 0 Å². The summed E-state index contributed by atoms with van der Waals surface area (Å²) >= 11 is 0. The molecule has 2 N–H and O–H groups in total. The van der Waals surface area contributed by atoms with Gasteiger partial charge in [0, 0.05) is 5.69 Å². The molecule has 0 aromatic heterocycles. The maximum Gasteiger partial charge on any atom is 0.262 e. The van der Waals surface area contributed by atoms with Crippen LogP contribution in [-0.2, 0) is 21.4 Å². The van der Waals surface area contributed by atoms with E-state index in [0.29, 0.717) is 22.5 Å². The molecule has 0 saturated heterocycles. The Morgan fingerprint density at radius 2 is 1.56 bits per heavy atom. The lowest BCUT2D eigenvalue weighted by Crippen LogP contribution is -2.48. The normalized spacial score (nSPS) is 23.3. The van der Waals surface area contributed by atoms with Crippen molar-refractivity contribution in [3.05, 3.63) is 102 Å². The number of nitrogens with zero attached hydrogens (tertiary/aromatic N) is 1. The number of hydrazone groups is 1. The van der Waals surface area contributed by atoms with E-state index in [1.165, 1.54) is 44.1 Å². The molecule has 8 rings (SSSR count). The van der Waals surface area contributed by atoms with Crippen LogP contribution in [-0.4, -0.2) is 31.7 Å². The van der Waals surface area contributed by atoms with Crippen LogP contribution in [0.1, 0.15) is 55.2 Å². The number of hydrogen-bond acceptors (Lipinski definition) is 5. The number of hydrogen-bond donors (Lipinski definition) is 2. The Kier molecular flexibility index (Phi) is 8.01. The second kappa shape index (κ2) is 12.4. The summed E-state index contributed by atoms with van der Waals surface area (Å²) in [6.45, 7) is -0.148. The number of carbonyl (C=O) groups excluding carboxylic acids is 2. The van der Waals surface area contributed by atoms with Crippen LogP contribution in [0.5, 0.6) is 11.5 Å². The number of anilines is 1. The minimum Gasteiger partial charge on any atom is -0.493 e. The van der Waals surface area contributed by atoms with Gasteiger partial charge >= 0.3 is 0 Å². The van der Waals surface area contributed by atoms with Gasteiger partial charge in [-0.1, -0.05) is 54.6 Å². The summed E-state index contributed by atoms with van der Waals surface area (Å²) in [5.74, 6) is 3.17. The highest BCUT2D eigenvalue weighted by atomic mass is 16.5. The molecule has 7 heteroatoms. The number of fused-ring (bicyclic) bond motifs is 1. The van der Waals surface area contributed by atoms with Gasteiger partial charge in [-0.25, -0.2) is 5.43 Å². The molecule has 4 aliphatic carbocycles. The van der Waals surface area contributed by atoms with Crippen molar-refractivity contribution in [2.24, 2.45) is 22.9 Å². The standard InChI is InChI=1S/C38H39N3O4/c1-44-35-18-25(23-39-41-36(42)19-30-7-4-6-29-5-2-3-8-33(29)30)9-14-34(35)45-24-37(43)40-32-12-10-31(11-13-32)38-20-26-15-27(21-38)17-28(16-26)22-38/h2-14,18,23,26-28H,15-17,19-22,24H2,1H3,(H,40,43)(H,41,42)/b39-23-. The Morgan fingerprint density at radius 3 is 2.29 bits per heavy atom. The minimum atomic E-state index is -0.237. The fourth-order valence-electron chi connectivity index (χ4n) is 8.43. The largest absolute Gasteiger partial charge is 0.493 e. The van der Waals surface area contributed by atoms with Crippen LogP contribution in [0.25, 0.3) is 10.8 Å². The van der Waals surface area contributed by atoms with E-state index in [0.717, 1.165) is 39.8 Å². The third-order valence-electron chi connectivity index (χ3n) is 10.00. The van der Waals surface area contributed by atoms with Crippen molar-refractivity contribution in [2.45, 2.75) is 50.4 Å². The van der Waals surface area contributed by atoms with Crippen molar-refractivity contribution < 1.29 is 19.1 Å². The lowest BCUT2D eigenvalue weighted by Gasteiger charge is -2.57. The highest BCUT2D eigenvalue weighted by Gasteiger charge is 2.51. The van der Waals surface area contributed by atoms with Gasteiger partial charge in [-0.15, -0.1) is 0 Å². The maximum atomic E-state index is 12.7. The van der Waals surface area contributed by atoms with Crippen LogP contribution in [0.4, 0.5) is 5.69 Å². The molecule has 7 nitrogen and oxygen atoms in total. The smallest absolute Gasteiger partial charge is 0.262 e. The first-order chi connectivity index (χ1) is 22.0. The summed E-state index contributed by atoms with van der Waals surface area (Å²) in [7, 11) is 1.54. The van der Waals surface area contributed by atoms with E-state index in [2.05, 4.69) is 28.0 Å². The summed E-state index contributed by atoms with van der Waals surface area (Å²) in [5, 5.41) is 9.23. The van der Waals surface area contributed by atoms with Crippen molar-refractivity contribution in [1.29, 1.82) is 0 Å². The van der Waals surface area contributed by atoms with Crippen LogP contribution in [0.3, 0.4) is 0 Å². The molecule has 0 atom stereocenters. The Balaban J connectivity index is 0.909. The molecule has 0 unspecified atom stereocenters. The predicted octanol–water partition coefficient (Wildman–Crippen LogP) is 7.03. The quantitative estimate of drug-likeness (QED) is 0.151. The van der Waals surface area contributed by atoms with Gasteiger partial charge in [-0.3, -0.25) is 9.59 Å². The van der Waals surface area contributed by atoms with E-state index in [-0.39, 0.29) is 24.8 Å². The van der Waals surface area contributed by atoms with Gasteiger partial charge in [0.15, 0.2) is 18.1 Å². The highest BCUT2D eigenvalue weighted by Crippen LogP contribution is 2.60. The molecule has 4 aliphatic rings. The Morgan fingerprint density at radius 1 is 0.844 bits per heavy atom. The monoisotopic (exact) mass is 601 g/mol. The molecule has 0 radical (unpaired) electrons. The zero-order valence-corrected chi connectivity index (χ0v) is 25.6. The molecular formula is C38H39N3O4. The molecule has 45 heavy (non-hydrogen) atoms. The second-order valence-corrected chi connectivity index (χ2v) is 13.1. The SMILES string of the molecule is COc1cc(/C=N\NC(=O)Cc2cccc3ccccc23)ccc1OCC(=O)Nc1ccc(C23CC4CC(CC(C4)C2)C3)cc1. The van der Waals surface area contributed by atoms with Gasteiger partial charge in [0.2, 0.25) is 5.91 Å². The van der Waals surface area contributed by atoms with Crippen molar-refractivity contribution >= 4 is 34.5 Å². The molecule has 4 aromatic carbocycles. The molecule has 4 aromatic rings. The van der Waals surface area contributed by atoms with E-state index < -0.39 is 0 Å². The van der Waals surface area contributed by atoms with Crippen molar-refractivity contribution in [3.63, 3.8) is 0 Å². The molecule has 4 bridgehead atoms. The number of nitrogens with one attached hydrogen (secondary N) is 2. The number of benzene rings is 4. The Labute approximate surface area is 264 Å². The summed E-state index contributed by atoms with van der Waals surface area (Å²) < 4.78 is 11.3. The van der Waals surface area contributed by atoms with Crippen molar-refractivity contribution in [3.8, 4) is 11.5 Å². The molecule has 4 fully saturated rings. The van der Waals surface area contributed by atoms with Crippen LogP contribution >= 0.6 is 0 Å². The number of methoxy groups -OCH3 is 1. The fraction of sp³-hybridized carbons (Fsp3) is 0.342. The summed E-state index contributed by atoms with van der Waals surface area (Å²) in [6, 6.07) is 27.7. The molecule has 0 heterocycles. The molecule has 0 aliphatic heterocycles. The highest BCUT2D eigenvalue weighted by molar-refractivity contribution is 5.92. The van der Waals surface area contributed by atoms with E-state index in [1.54, 1.807) is 31.5 Å². The van der Waals surface area contributed by atoms with Crippen molar-refractivity contribution in [2.75, 3.05) is 19.0 Å². The minimum absolute atomic E-state index is 0.148. The van der Waals surface area contributed by atoms with Gasteiger partial charge in [0.05, 0.1) is 19.7 Å². The fourth-order valence-corrected chi connectivity index (χ4v) is 8.43. The number of rotatable bonds is 10. The first-order valence-corrected chi connectivity index (χ1v) is 16.0. The van der Waals surface area contributed by atoms with Crippen LogP contribution < -0.4 is 20.2 Å². The van der Waals surface area contributed by atoms with Crippen LogP contribution in [0.2, 0.25) is 0 Å². The molecule has 0 spiro atoms. The molecule has 230 valence electrons. The van der Waals surface area contributed by atoms with Crippen LogP contribution in [0.15, 0.2) is 90.0 Å². The topological polar surface area (TPSA) is 89.0 Å². The summed E-state index contributed by atoms with van der Waals surface area (Å²) in [4.78, 5) is 25.3. The van der Waals surface area contributed by atoms with E-state index >= 15 is 0 Å². The molecular weight excluding hydrogens is 562 g/mol. The zero-order chi connectivity index (χ0) is 30.8. The number of amides is 2.